The molecule has 0 radical (unpaired) electrons. The Balaban J connectivity index is 2.16. The van der Waals surface area contributed by atoms with Crippen molar-refractivity contribution in [2.24, 2.45) is 0 Å². The molecule has 112 valence electrons. The molecule has 0 unspecified atom stereocenters. The lowest BCUT2D eigenvalue weighted by Crippen LogP contribution is -2.15. The molecule has 0 saturated carbocycles. The van der Waals surface area contributed by atoms with E-state index in [2.05, 4.69) is 26.1 Å². The van der Waals surface area contributed by atoms with E-state index in [0.717, 1.165) is 30.2 Å². The van der Waals surface area contributed by atoms with Crippen LogP contribution in [-0.2, 0) is 11.8 Å². The van der Waals surface area contributed by atoms with Gasteiger partial charge in [-0.1, -0.05) is 20.8 Å². The highest BCUT2D eigenvalue weighted by atomic mass is 19.1. The standard InChI is InChI=1S/C17H22FN3/c1-17(2,3)15-14-6-4-5-11-19-16(14)21(20-15)13-9-7-12(18)8-10-13/h7-10,19H,4-6,11H2,1-3H3. The second kappa shape index (κ2) is 5.17. The Morgan fingerprint density at radius 1 is 1.14 bits per heavy atom. The summed E-state index contributed by atoms with van der Waals surface area (Å²) in [6, 6.07) is 6.52. The normalized spacial score (nSPS) is 15.2. The first-order valence-corrected chi connectivity index (χ1v) is 7.59. The third-order valence-corrected chi connectivity index (χ3v) is 3.91. The van der Waals surface area contributed by atoms with Crippen LogP contribution in [0.1, 0.15) is 44.9 Å². The average Bonchev–Trinajstić information content (AvgIpc) is 2.63. The monoisotopic (exact) mass is 287 g/mol. The molecule has 0 atom stereocenters. The summed E-state index contributed by atoms with van der Waals surface area (Å²) < 4.78 is 15.1. The molecule has 21 heavy (non-hydrogen) atoms. The van der Waals surface area contributed by atoms with Crippen LogP contribution >= 0.6 is 0 Å². The Bertz CT molecular complexity index is 635. The van der Waals surface area contributed by atoms with E-state index < -0.39 is 0 Å². The van der Waals surface area contributed by atoms with E-state index in [1.165, 1.54) is 30.5 Å². The molecule has 2 aromatic rings. The van der Waals surface area contributed by atoms with Crippen LogP contribution in [-0.4, -0.2) is 16.3 Å². The van der Waals surface area contributed by atoms with Gasteiger partial charge in [-0.3, -0.25) is 0 Å². The maximum atomic E-state index is 13.2. The Hall–Kier alpha value is -1.84. The highest BCUT2D eigenvalue weighted by Crippen LogP contribution is 2.34. The summed E-state index contributed by atoms with van der Waals surface area (Å²) in [5.41, 5.74) is 3.35. The minimum Gasteiger partial charge on any atom is -0.370 e. The number of fused-ring (bicyclic) bond motifs is 1. The third-order valence-electron chi connectivity index (χ3n) is 3.91. The lowest BCUT2D eigenvalue weighted by atomic mass is 9.88. The van der Waals surface area contributed by atoms with E-state index in [9.17, 15) is 4.39 Å². The number of anilines is 1. The number of hydrogen-bond donors (Lipinski definition) is 1. The predicted molar refractivity (Wildman–Crippen MR) is 83.6 cm³/mol. The van der Waals surface area contributed by atoms with Crippen LogP contribution in [0.4, 0.5) is 10.2 Å². The van der Waals surface area contributed by atoms with Gasteiger partial charge in [0, 0.05) is 17.5 Å². The van der Waals surface area contributed by atoms with Gasteiger partial charge in [0.05, 0.1) is 11.4 Å². The molecule has 1 aliphatic heterocycles. The fourth-order valence-corrected chi connectivity index (χ4v) is 2.87. The van der Waals surface area contributed by atoms with Crippen molar-refractivity contribution in [2.45, 2.75) is 45.4 Å². The van der Waals surface area contributed by atoms with Crippen LogP contribution in [0, 0.1) is 5.82 Å². The van der Waals surface area contributed by atoms with Crippen molar-refractivity contribution in [1.29, 1.82) is 0 Å². The zero-order chi connectivity index (χ0) is 15.0. The van der Waals surface area contributed by atoms with Crippen molar-refractivity contribution in [2.75, 3.05) is 11.9 Å². The quantitative estimate of drug-likeness (QED) is 0.857. The highest BCUT2D eigenvalue weighted by Gasteiger charge is 2.27. The lowest BCUT2D eigenvalue weighted by Gasteiger charge is -2.17. The van der Waals surface area contributed by atoms with E-state index in [1.54, 1.807) is 12.1 Å². The number of benzene rings is 1. The molecule has 1 N–H and O–H groups in total. The summed E-state index contributed by atoms with van der Waals surface area (Å²) in [6.45, 7) is 7.53. The SMILES string of the molecule is CC(C)(C)c1nn(-c2ccc(F)cc2)c2c1CCCCN2. The Kier molecular flexibility index (Phi) is 3.47. The molecule has 3 rings (SSSR count). The predicted octanol–water partition coefficient (Wildman–Crippen LogP) is 4.06. The van der Waals surface area contributed by atoms with Gasteiger partial charge in [-0.25, -0.2) is 9.07 Å². The summed E-state index contributed by atoms with van der Waals surface area (Å²) in [7, 11) is 0. The second-order valence-corrected chi connectivity index (χ2v) is 6.70. The summed E-state index contributed by atoms with van der Waals surface area (Å²) >= 11 is 0. The molecule has 2 heterocycles. The van der Waals surface area contributed by atoms with Crippen LogP contribution in [0.15, 0.2) is 24.3 Å². The molecule has 1 aromatic carbocycles. The van der Waals surface area contributed by atoms with E-state index in [4.69, 9.17) is 5.10 Å². The molecule has 1 aliphatic rings. The summed E-state index contributed by atoms with van der Waals surface area (Å²) in [4.78, 5) is 0. The van der Waals surface area contributed by atoms with Crippen LogP contribution in [0.3, 0.4) is 0 Å². The summed E-state index contributed by atoms with van der Waals surface area (Å²) in [5.74, 6) is 0.852. The summed E-state index contributed by atoms with van der Waals surface area (Å²) in [6.07, 6.45) is 3.40. The topological polar surface area (TPSA) is 29.9 Å². The van der Waals surface area contributed by atoms with Gasteiger partial charge in [-0.2, -0.15) is 5.10 Å². The van der Waals surface area contributed by atoms with Gasteiger partial charge in [-0.15, -0.1) is 0 Å². The van der Waals surface area contributed by atoms with Crippen molar-refractivity contribution < 1.29 is 4.39 Å². The number of nitrogens with zero attached hydrogens (tertiary/aromatic N) is 2. The number of aromatic nitrogens is 2. The van der Waals surface area contributed by atoms with Gasteiger partial charge in [0.2, 0.25) is 0 Å². The Morgan fingerprint density at radius 2 is 1.86 bits per heavy atom. The smallest absolute Gasteiger partial charge is 0.133 e. The van der Waals surface area contributed by atoms with Crippen LogP contribution in [0.5, 0.6) is 0 Å². The van der Waals surface area contributed by atoms with Crippen molar-refractivity contribution in [3.05, 3.63) is 41.3 Å². The zero-order valence-electron chi connectivity index (χ0n) is 12.9. The lowest BCUT2D eigenvalue weighted by molar-refractivity contribution is 0.552. The largest absolute Gasteiger partial charge is 0.370 e. The van der Waals surface area contributed by atoms with Gasteiger partial charge < -0.3 is 5.32 Å². The first-order valence-electron chi connectivity index (χ1n) is 7.59. The molecule has 0 amide bonds. The Morgan fingerprint density at radius 3 is 2.52 bits per heavy atom. The molecular formula is C17H22FN3. The molecule has 4 heteroatoms. The molecule has 1 aromatic heterocycles. The minimum atomic E-state index is -0.221. The molecule has 0 spiro atoms. The van der Waals surface area contributed by atoms with Crippen molar-refractivity contribution in [3.63, 3.8) is 0 Å². The number of rotatable bonds is 1. The van der Waals surface area contributed by atoms with Crippen LogP contribution in [0.2, 0.25) is 0 Å². The fraction of sp³-hybridized carbons (Fsp3) is 0.471. The van der Waals surface area contributed by atoms with Crippen LogP contribution in [0.25, 0.3) is 5.69 Å². The van der Waals surface area contributed by atoms with Gasteiger partial charge in [0.25, 0.3) is 0 Å². The number of halogens is 1. The van der Waals surface area contributed by atoms with Gasteiger partial charge in [-0.05, 0) is 43.5 Å². The number of hydrogen-bond acceptors (Lipinski definition) is 2. The Labute approximate surface area is 125 Å². The zero-order valence-corrected chi connectivity index (χ0v) is 12.9. The van der Waals surface area contributed by atoms with Crippen LogP contribution < -0.4 is 5.32 Å². The maximum Gasteiger partial charge on any atom is 0.133 e. The first kappa shape index (κ1) is 14.1. The molecule has 0 fully saturated rings. The first-order chi connectivity index (χ1) is 9.97. The van der Waals surface area contributed by atoms with E-state index in [0.29, 0.717) is 0 Å². The van der Waals surface area contributed by atoms with Crippen molar-refractivity contribution in [1.82, 2.24) is 9.78 Å². The molecule has 0 saturated heterocycles. The fourth-order valence-electron chi connectivity index (χ4n) is 2.87. The highest BCUT2D eigenvalue weighted by molar-refractivity contribution is 5.55. The molecule has 0 bridgehead atoms. The van der Waals surface area contributed by atoms with E-state index >= 15 is 0 Å². The third kappa shape index (κ3) is 2.67. The summed E-state index contributed by atoms with van der Waals surface area (Å²) in [5, 5.41) is 8.34. The molecular weight excluding hydrogens is 265 g/mol. The van der Waals surface area contributed by atoms with Gasteiger partial charge in [0.1, 0.15) is 11.6 Å². The minimum absolute atomic E-state index is 0.00137. The maximum absolute atomic E-state index is 13.2. The van der Waals surface area contributed by atoms with E-state index in [1.807, 2.05) is 4.68 Å². The van der Waals surface area contributed by atoms with Gasteiger partial charge in [0.15, 0.2) is 0 Å². The van der Waals surface area contributed by atoms with E-state index in [-0.39, 0.29) is 11.2 Å². The second-order valence-electron chi connectivity index (χ2n) is 6.70. The molecule has 3 nitrogen and oxygen atoms in total. The number of nitrogens with one attached hydrogen (secondary N) is 1. The molecule has 0 aliphatic carbocycles. The average molecular weight is 287 g/mol. The van der Waals surface area contributed by atoms with Crippen molar-refractivity contribution in [3.8, 4) is 5.69 Å². The van der Waals surface area contributed by atoms with Gasteiger partial charge >= 0.3 is 0 Å². The van der Waals surface area contributed by atoms with Crippen molar-refractivity contribution >= 4 is 5.82 Å².